The minimum atomic E-state index is -0.515. The average molecular weight is 249 g/mol. The van der Waals surface area contributed by atoms with Gasteiger partial charge in [0.15, 0.2) is 0 Å². The topological polar surface area (TPSA) is 46.6 Å². The quantitative estimate of drug-likeness (QED) is 0.592. The SMILES string of the molecule is CCN(CC)C(=O)C(=O)c1cc(C)ccc1OC. The van der Waals surface area contributed by atoms with Gasteiger partial charge in [-0.15, -0.1) is 0 Å². The van der Waals surface area contributed by atoms with Gasteiger partial charge in [0, 0.05) is 13.1 Å². The molecule has 0 N–H and O–H groups in total. The second-order valence-corrected chi connectivity index (χ2v) is 4.01. The minimum Gasteiger partial charge on any atom is -0.496 e. The summed E-state index contributed by atoms with van der Waals surface area (Å²) in [6.07, 6.45) is 0. The van der Waals surface area contributed by atoms with Crippen LogP contribution >= 0.6 is 0 Å². The number of amides is 1. The van der Waals surface area contributed by atoms with Crippen LogP contribution in [0.2, 0.25) is 0 Å². The number of carbonyl (C=O) groups is 2. The number of benzene rings is 1. The molecule has 1 aromatic rings. The second-order valence-electron chi connectivity index (χ2n) is 4.01. The van der Waals surface area contributed by atoms with Crippen LogP contribution in [0.5, 0.6) is 5.75 Å². The zero-order valence-corrected chi connectivity index (χ0v) is 11.3. The van der Waals surface area contributed by atoms with Crippen LogP contribution in [0.4, 0.5) is 0 Å². The Morgan fingerprint density at radius 1 is 1.22 bits per heavy atom. The molecule has 0 heterocycles. The molecule has 1 rings (SSSR count). The Morgan fingerprint density at radius 3 is 2.33 bits per heavy atom. The second kappa shape index (κ2) is 6.19. The molecule has 0 radical (unpaired) electrons. The molecule has 0 atom stereocenters. The molecule has 1 aromatic carbocycles. The molecule has 0 unspecified atom stereocenters. The van der Waals surface area contributed by atoms with Gasteiger partial charge >= 0.3 is 0 Å². The number of hydrogen-bond donors (Lipinski definition) is 0. The van der Waals surface area contributed by atoms with Gasteiger partial charge in [0.2, 0.25) is 0 Å². The van der Waals surface area contributed by atoms with Crippen LogP contribution in [0, 0.1) is 6.92 Å². The molecule has 4 heteroatoms. The number of ketones is 1. The van der Waals surface area contributed by atoms with E-state index < -0.39 is 11.7 Å². The zero-order chi connectivity index (χ0) is 13.7. The first-order chi connectivity index (χ1) is 8.54. The predicted octanol–water partition coefficient (Wildman–Crippen LogP) is 2.05. The van der Waals surface area contributed by atoms with Crippen molar-refractivity contribution in [3.63, 3.8) is 0 Å². The van der Waals surface area contributed by atoms with Gasteiger partial charge in [0.25, 0.3) is 11.7 Å². The van der Waals surface area contributed by atoms with Crippen LogP contribution in [-0.2, 0) is 4.79 Å². The monoisotopic (exact) mass is 249 g/mol. The van der Waals surface area contributed by atoms with Crippen molar-refractivity contribution in [3.05, 3.63) is 29.3 Å². The Bertz CT molecular complexity index is 450. The molecule has 0 aliphatic heterocycles. The summed E-state index contributed by atoms with van der Waals surface area (Å²) in [5, 5.41) is 0. The van der Waals surface area contributed by atoms with E-state index >= 15 is 0 Å². The van der Waals surface area contributed by atoms with Crippen LogP contribution < -0.4 is 4.74 Å². The molecule has 0 bridgehead atoms. The van der Waals surface area contributed by atoms with E-state index in [1.54, 1.807) is 12.1 Å². The van der Waals surface area contributed by atoms with Crippen molar-refractivity contribution in [1.82, 2.24) is 4.90 Å². The van der Waals surface area contributed by atoms with Crippen molar-refractivity contribution in [2.75, 3.05) is 20.2 Å². The minimum absolute atomic E-state index is 0.328. The van der Waals surface area contributed by atoms with Gasteiger partial charge in [-0.3, -0.25) is 9.59 Å². The lowest BCUT2D eigenvalue weighted by molar-refractivity contribution is -0.126. The summed E-state index contributed by atoms with van der Waals surface area (Å²) in [6, 6.07) is 5.23. The first kappa shape index (κ1) is 14.2. The van der Waals surface area contributed by atoms with Gasteiger partial charge in [-0.05, 0) is 32.9 Å². The van der Waals surface area contributed by atoms with Gasteiger partial charge < -0.3 is 9.64 Å². The van der Waals surface area contributed by atoms with Gasteiger partial charge in [0.1, 0.15) is 5.75 Å². The standard InChI is InChI=1S/C14H19NO3/c1-5-15(6-2)14(17)13(16)11-9-10(3)7-8-12(11)18-4/h7-9H,5-6H2,1-4H3. The summed E-state index contributed by atoms with van der Waals surface area (Å²) >= 11 is 0. The molecule has 0 saturated carbocycles. The Labute approximate surface area is 108 Å². The van der Waals surface area contributed by atoms with Crippen molar-refractivity contribution >= 4 is 11.7 Å². The highest BCUT2D eigenvalue weighted by atomic mass is 16.5. The third-order valence-electron chi connectivity index (χ3n) is 2.84. The summed E-state index contributed by atoms with van der Waals surface area (Å²) in [4.78, 5) is 25.7. The summed E-state index contributed by atoms with van der Waals surface area (Å²) < 4.78 is 5.13. The summed E-state index contributed by atoms with van der Waals surface area (Å²) in [6.45, 7) is 6.62. The Balaban J connectivity index is 3.10. The maximum atomic E-state index is 12.2. The lowest BCUT2D eigenvalue weighted by atomic mass is 10.1. The maximum absolute atomic E-state index is 12.2. The summed E-state index contributed by atoms with van der Waals surface area (Å²) in [5.41, 5.74) is 1.25. The molecule has 98 valence electrons. The average Bonchev–Trinajstić information content (AvgIpc) is 2.39. The molecular weight excluding hydrogens is 230 g/mol. The van der Waals surface area contributed by atoms with Crippen LogP contribution in [0.15, 0.2) is 18.2 Å². The number of nitrogens with zero attached hydrogens (tertiary/aromatic N) is 1. The molecule has 18 heavy (non-hydrogen) atoms. The Morgan fingerprint density at radius 2 is 1.83 bits per heavy atom. The van der Waals surface area contributed by atoms with E-state index in [1.165, 1.54) is 12.0 Å². The fourth-order valence-corrected chi connectivity index (χ4v) is 1.77. The number of likely N-dealkylation sites (N-methyl/N-ethyl adjacent to an activating group) is 1. The zero-order valence-electron chi connectivity index (χ0n) is 11.3. The lowest BCUT2D eigenvalue weighted by Gasteiger charge is -2.18. The van der Waals surface area contributed by atoms with Crippen LogP contribution in [-0.4, -0.2) is 36.8 Å². The molecular formula is C14H19NO3. The van der Waals surface area contributed by atoms with Crippen molar-refractivity contribution in [3.8, 4) is 5.75 Å². The van der Waals surface area contributed by atoms with E-state index in [-0.39, 0.29) is 0 Å². The molecule has 0 spiro atoms. The van der Waals surface area contributed by atoms with Gasteiger partial charge in [-0.25, -0.2) is 0 Å². The fraction of sp³-hybridized carbons (Fsp3) is 0.429. The third kappa shape index (κ3) is 2.88. The maximum Gasteiger partial charge on any atom is 0.295 e. The first-order valence-electron chi connectivity index (χ1n) is 6.03. The van der Waals surface area contributed by atoms with E-state index in [0.29, 0.717) is 24.4 Å². The highest BCUT2D eigenvalue weighted by Crippen LogP contribution is 2.20. The number of Topliss-reactive ketones (excluding diaryl/α,β-unsaturated/α-hetero) is 1. The number of hydrogen-bond acceptors (Lipinski definition) is 3. The number of methoxy groups -OCH3 is 1. The molecule has 0 fully saturated rings. The Kier molecular flexibility index (Phi) is 4.89. The molecule has 4 nitrogen and oxygen atoms in total. The highest BCUT2D eigenvalue weighted by Gasteiger charge is 2.24. The first-order valence-corrected chi connectivity index (χ1v) is 6.03. The molecule has 0 aliphatic carbocycles. The van der Waals surface area contributed by atoms with Gasteiger partial charge in [-0.1, -0.05) is 11.6 Å². The van der Waals surface area contributed by atoms with E-state index in [4.69, 9.17) is 4.74 Å². The normalized spacial score (nSPS) is 10.0. The van der Waals surface area contributed by atoms with Crippen molar-refractivity contribution < 1.29 is 14.3 Å². The summed E-state index contributed by atoms with van der Waals surface area (Å²) in [7, 11) is 1.49. The molecule has 0 aliphatic rings. The van der Waals surface area contributed by atoms with Gasteiger partial charge in [-0.2, -0.15) is 0 Å². The fourth-order valence-electron chi connectivity index (χ4n) is 1.77. The molecule has 1 amide bonds. The Hall–Kier alpha value is -1.84. The van der Waals surface area contributed by atoms with E-state index in [1.807, 2.05) is 26.8 Å². The van der Waals surface area contributed by atoms with Crippen molar-refractivity contribution in [1.29, 1.82) is 0 Å². The van der Waals surface area contributed by atoms with Gasteiger partial charge in [0.05, 0.1) is 12.7 Å². The van der Waals surface area contributed by atoms with Crippen LogP contribution in [0.1, 0.15) is 29.8 Å². The van der Waals surface area contributed by atoms with Crippen LogP contribution in [0.25, 0.3) is 0 Å². The third-order valence-corrected chi connectivity index (χ3v) is 2.84. The summed E-state index contributed by atoms with van der Waals surface area (Å²) in [5.74, 6) is -0.561. The van der Waals surface area contributed by atoms with Crippen molar-refractivity contribution in [2.45, 2.75) is 20.8 Å². The number of ether oxygens (including phenoxy) is 1. The van der Waals surface area contributed by atoms with Crippen LogP contribution in [0.3, 0.4) is 0 Å². The predicted molar refractivity (Wildman–Crippen MR) is 70.0 cm³/mol. The highest BCUT2D eigenvalue weighted by molar-refractivity contribution is 6.43. The van der Waals surface area contributed by atoms with Crippen molar-refractivity contribution in [2.24, 2.45) is 0 Å². The number of carbonyl (C=O) groups excluding carboxylic acids is 2. The van der Waals surface area contributed by atoms with E-state index in [0.717, 1.165) is 5.56 Å². The number of rotatable bonds is 5. The van der Waals surface area contributed by atoms with E-state index in [9.17, 15) is 9.59 Å². The number of aryl methyl sites for hydroxylation is 1. The molecule has 0 aromatic heterocycles. The smallest absolute Gasteiger partial charge is 0.295 e. The lowest BCUT2D eigenvalue weighted by Crippen LogP contribution is -2.36. The largest absolute Gasteiger partial charge is 0.496 e. The molecule has 0 saturated heterocycles. The van der Waals surface area contributed by atoms with E-state index in [2.05, 4.69) is 0 Å².